The molecule has 1 aliphatic rings. The average molecular weight is 555 g/mol. The largest absolute Gasteiger partial charge is 0.368 e. The van der Waals surface area contributed by atoms with Crippen LogP contribution < -0.4 is 11.1 Å². The normalized spacial score (nSPS) is 16.4. The molecule has 3 aromatic carbocycles. The summed E-state index contributed by atoms with van der Waals surface area (Å²) >= 11 is 6.06. The summed E-state index contributed by atoms with van der Waals surface area (Å²) in [5.74, 6) is -1.28. The molecule has 6 nitrogen and oxygen atoms in total. The van der Waals surface area contributed by atoms with E-state index in [0.717, 1.165) is 29.5 Å². The summed E-state index contributed by atoms with van der Waals surface area (Å²) in [6.45, 7) is 4.23. The summed E-state index contributed by atoms with van der Waals surface area (Å²) in [6.07, 6.45) is 1.47. The average Bonchev–Trinajstić information content (AvgIpc) is 2.90. The van der Waals surface area contributed by atoms with Gasteiger partial charge in [-0.2, -0.15) is 0 Å². The maximum absolute atomic E-state index is 13.5. The van der Waals surface area contributed by atoms with Crippen molar-refractivity contribution in [3.8, 4) is 0 Å². The Balaban J connectivity index is 1.35. The second-order valence-corrected chi connectivity index (χ2v) is 10.4. The number of nitrogens with zero attached hydrogens (tertiary/aromatic N) is 2. The Bertz CT molecular complexity index is 1240. The van der Waals surface area contributed by atoms with Crippen LogP contribution in [0.25, 0.3) is 0 Å². The van der Waals surface area contributed by atoms with E-state index in [1.54, 1.807) is 36.4 Å². The van der Waals surface area contributed by atoms with Crippen LogP contribution in [0.2, 0.25) is 5.02 Å². The summed E-state index contributed by atoms with van der Waals surface area (Å²) in [5.41, 5.74) is 9.22. The highest BCUT2D eigenvalue weighted by Gasteiger charge is 2.31. The van der Waals surface area contributed by atoms with E-state index in [2.05, 4.69) is 10.2 Å². The van der Waals surface area contributed by atoms with Crippen molar-refractivity contribution in [2.45, 2.75) is 31.7 Å². The number of amides is 2. The molecule has 1 heterocycles. The second kappa shape index (κ2) is 13.2. The Hall–Kier alpha value is -3.33. The first-order valence-corrected chi connectivity index (χ1v) is 13.4. The molecule has 2 amide bonds. The molecule has 4 rings (SSSR count). The Morgan fingerprint density at radius 2 is 1.62 bits per heavy atom. The third-order valence-corrected chi connectivity index (χ3v) is 7.46. The van der Waals surface area contributed by atoms with E-state index >= 15 is 0 Å². The monoisotopic (exact) mass is 554 g/mol. The molecule has 0 radical (unpaired) electrons. The smallest absolute Gasteiger partial charge is 0.238 e. The Morgan fingerprint density at radius 3 is 2.21 bits per heavy atom. The van der Waals surface area contributed by atoms with E-state index in [-0.39, 0.29) is 30.0 Å². The number of aryl methyl sites for hydroxylation is 1. The Kier molecular flexibility index (Phi) is 9.67. The van der Waals surface area contributed by atoms with Gasteiger partial charge in [-0.1, -0.05) is 41.9 Å². The van der Waals surface area contributed by atoms with Crippen LogP contribution in [0.15, 0.2) is 66.7 Å². The van der Waals surface area contributed by atoms with Gasteiger partial charge in [-0.3, -0.25) is 19.4 Å². The molecule has 0 aromatic heterocycles. The summed E-state index contributed by atoms with van der Waals surface area (Å²) in [7, 11) is 0. The topological polar surface area (TPSA) is 78.7 Å². The minimum atomic E-state index is -0.519. The standard InChI is InChI=1S/C30H33ClF2N4O2/c1-20-4-9-23(31)17-27(20)35-29(38)19-36-15-16-37(28(18-36)30(34)39)14-2-3-26(21-5-10-24(32)11-6-21)22-7-12-25(33)13-8-22/h4-13,17,26,28H,2-3,14-16,18-19H2,1H3,(H2,34,39)(H,35,38). The van der Waals surface area contributed by atoms with Crippen LogP contribution in [0.3, 0.4) is 0 Å². The minimum absolute atomic E-state index is 0.0434. The van der Waals surface area contributed by atoms with Crippen molar-refractivity contribution in [2.75, 3.05) is 38.0 Å². The molecule has 3 aromatic rings. The fraction of sp³-hybridized carbons (Fsp3) is 0.333. The molecule has 1 saturated heterocycles. The summed E-state index contributed by atoms with van der Waals surface area (Å²) < 4.78 is 27.1. The quantitative estimate of drug-likeness (QED) is 0.372. The second-order valence-electron chi connectivity index (χ2n) is 9.99. The third kappa shape index (κ3) is 7.85. The van der Waals surface area contributed by atoms with Gasteiger partial charge in [0.2, 0.25) is 11.8 Å². The number of piperazine rings is 1. The van der Waals surface area contributed by atoms with Crippen molar-refractivity contribution in [1.29, 1.82) is 0 Å². The summed E-state index contributed by atoms with van der Waals surface area (Å²) in [6, 6.07) is 17.5. The van der Waals surface area contributed by atoms with Crippen molar-refractivity contribution in [3.63, 3.8) is 0 Å². The molecular weight excluding hydrogens is 522 g/mol. The van der Waals surface area contributed by atoms with Gasteiger partial charge in [0.1, 0.15) is 17.7 Å². The zero-order valence-electron chi connectivity index (χ0n) is 21.9. The maximum Gasteiger partial charge on any atom is 0.238 e. The number of nitrogens with one attached hydrogen (secondary N) is 1. The summed E-state index contributed by atoms with van der Waals surface area (Å²) in [5, 5.41) is 3.44. The van der Waals surface area contributed by atoms with Gasteiger partial charge >= 0.3 is 0 Å². The molecular formula is C30H33ClF2N4O2. The van der Waals surface area contributed by atoms with Gasteiger partial charge in [0.15, 0.2) is 0 Å². The highest BCUT2D eigenvalue weighted by atomic mass is 35.5. The first-order chi connectivity index (χ1) is 18.7. The van der Waals surface area contributed by atoms with Crippen molar-refractivity contribution in [3.05, 3.63) is 100 Å². The molecule has 1 unspecified atom stereocenters. The number of carbonyl (C=O) groups is 2. The van der Waals surface area contributed by atoms with E-state index in [1.165, 1.54) is 24.3 Å². The first kappa shape index (κ1) is 28.7. The predicted octanol–water partition coefficient (Wildman–Crippen LogP) is 4.95. The first-order valence-electron chi connectivity index (χ1n) is 13.0. The van der Waals surface area contributed by atoms with Crippen LogP contribution in [0.4, 0.5) is 14.5 Å². The molecule has 0 bridgehead atoms. The van der Waals surface area contributed by atoms with Crippen LogP contribution >= 0.6 is 11.6 Å². The van der Waals surface area contributed by atoms with Gasteiger partial charge in [-0.25, -0.2) is 8.78 Å². The fourth-order valence-corrected chi connectivity index (χ4v) is 5.27. The predicted molar refractivity (Wildman–Crippen MR) is 150 cm³/mol. The highest BCUT2D eigenvalue weighted by molar-refractivity contribution is 6.31. The van der Waals surface area contributed by atoms with Gasteiger partial charge in [0.05, 0.1) is 6.54 Å². The molecule has 1 fully saturated rings. The zero-order chi connectivity index (χ0) is 27.9. The van der Waals surface area contributed by atoms with Gasteiger partial charge in [0.25, 0.3) is 0 Å². The molecule has 0 aliphatic carbocycles. The van der Waals surface area contributed by atoms with E-state index in [0.29, 0.717) is 36.9 Å². The zero-order valence-corrected chi connectivity index (χ0v) is 22.6. The van der Waals surface area contributed by atoms with Gasteiger partial charge in [0, 0.05) is 36.3 Å². The van der Waals surface area contributed by atoms with Crippen molar-refractivity contribution in [1.82, 2.24) is 9.80 Å². The third-order valence-electron chi connectivity index (χ3n) is 7.23. The Labute approximate surface area is 232 Å². The number of halogens is 3. The van der Waals surface area contributed by atoms with Crippen LogP contribution in [0.5, 0.6) is 0 Å². The number of hydrogen-bond donors (Lipinski definition) is 2. The molecule has 1 aliphatic heterocycles. The van der Waals surface area contributed by atoms with Gasteiger partial charge in [-0.05, 0) is 79.4 Å². The number of rotatable bonds is 10. The molecule has 0 saturated carbocycles. The van der Waals surface area contributed by atoms with Crippen molar-refractivity contribution < 1.29 is 18.4 Å². The van der Waals surface area contributed by atoms with Crippen LogP contribution in [0.1, 0.15) is 35.4 Å². The number of anilines is 1. The SMILES string of the molecule is Cc1ccc(Cl)cc1NC(=O)CN1CCN(CCCC(c2ccc(F)cc2)c2ccc(F)cc2)C(C(N)=O)C1. The van der Waals surface area contributed by atoms with Gasteiger partial charge in [-0.15, -0.1) is 0 Å². The fourth-order valence-electron chi connectivity index (χ4n) is 5.09. The van der Waals surface area contributed by atoms with E-state index in [1.807, 2.05) is 17.9 Å². The molecule has 9 heteroatoms. The van der Waals surface area contributed by atoms with E-state index in [9.17, 15) is 18.4 Å². The number of benzene rings is 3. The number of primary amides is 1. The van der Waals surface area contributed by atoms with Crippen molar-refractivity contribution >= 4 is 29.1 Å². The van der Waals surface area contributed by atoms with E-state index in [4.69, 9.17) is 17.3 Å². The molecule has 206 valence electrons. The number of carbonyl (C=O) groups excluding carboxylic acids is 2. The van der Waals surface area contributed by atoms with Gasteiger partial charge < -0.3 is 11.1 Å². The van der Waals surface area contributed by atoms with Crippen LogP contribution in [-0.2, 0) is 9.59 Å². The number of hydrogen-bond acceptors (Lipinski definition) is 4. The van der Waals surface area contributed by atoms with Crippen LogP contribution in [-0.4, -0.2) is 60.4 Å². The highest BCUT2D eigenvalue weighted by Crippen LogP contribution is 2.30. The maximum atomic E-state index is 13.5. The van der Waals surface area contributed by atoms with Crippen molar-refractivity contribution in [2.24, 2.45) is 5.73 Å². The molecule has 1 atom stereocenters. The number of nitrogens with two attached hydrogens (primary N) is 1. The lowest BCUT2D eigenvalue weighted by Crippen LogP contribution is -2.59. The lowest BCUT2D eigenvalue weighted by Gasteiger charge is -2.39. The van der Waals surface area contributed by atoms with Crippen LogP contribution in [0, 0.1) is 18.6 Å². The van der Waals surface area contributed by atoms with E-state index < -0.39 is 11.9 Å². The molecule has 39 heavy (non-hydrogen) atoms. The molecule has 0 spiro atoms. The lowest BCUT2D eigenvalue weighted by atomic mass is 9.87. The molecule has 3 N–H and O–H groups in total. The minimum Gasteiger partial charge on any atom is -0.368 e. The lowest BCUT2D eigenvalue weighted by molar-refractivity contribution is -0.127. The summed E-state index contributed by atoms with van der Waals surface area (Å²) in [4.78, 5) is 29.0. The Morgan fingerprint density at radius 1 is 1.00 bits per heavy atom.